The smallest absolute Gasteiger partial charge is 0.299 e. The predicted molar refractivity (Wildman–Crippen MR) is 112 cm³/mol. The summed E-state index contributed by atoms with van der Waals surface area (Å²) in [6.07, 6.45) is 0. The lowest BCUT2D eigenvalue weighted by molar-refractivity contribution is -0.384. The molecule has 0 atom stereocenters. The number of nitro benzene ring substituents is 1. The van der Waals surface area contributed by atoms with Crippen molar-refractivity contribution < 1.29 is 22.8 Å². The number of hydrogen-bond donors (Lipinski definition) is 1. The van der Waals surface area contributed by atoms with Gasteiger partial charge in [0.25, 0.3) is 15.7 Å². The Hall–Kier alpha value is -3.79. The molecule has 30 heavy (non-hydrogen) atoms. The van der Waals surface area contributed by atoms with Crippen LogP contribution < -0.4 is 19.3 Å². The molecular weight excluding hydrogens is 410 g/mol. The van der Waals surface area contributed by atoms with Crippen molar-refractivity contribution >= 4 is 27.1 Å². The van der Waals surface area contributed by atoms with Crippen LogP contribution in [0.4, 0.5) is 17.1 Å². The largest absolute Gasteiger partial charge is 0.497 e. The van der Waals surface area contributed by atoms with Crippen LogP contribution in [-0.2, 0) is 10.0 Å². The third-order valence-corrected chi connectivity index (χ3v) is 5.84. The quantitative estimate of drug-likeness (QED) is 0.428. The van der Waals surface area contributed by atoms with E-state index in [0.29, 0.717) is 11.4 Å². The van der Waals surface area contributed by atoms with Gasteiger partial charge in [-0.2, -0.15) is 12.8 Å². The van der Waals surface area contributed by atoms with Gasteiger partial charge < -0.3 is 9.47 Å². The van der Waals surface area contributed by atoms with Gasteiger partial charge >= 0.3 is 0 Å². The Labute approximate surface area is 173 Å². The van der Waals surface area contributed by atoms with Crippen LogP contribution in [0.5, 0.6) is 11.5 Å². The van der Waals surface area contributed by atoms with Crippen LogP contribution in [0.1, 0.15) is 0 Å². The van der Waals surface area contributed by atoms with E-state index >= 15 is 0 Å². The molecule has 3 aromatic rings. The van der Waals surface area contributed by atoms with Gasteiger partial charge in [-0.25, -0.2) is 0 Å². The average Bonchev–Trinajstić information content (AvgIpc) is 2.78. The van der Waals surface area contributed by atoms with Crippen LogP contribution in [0.2, 0.25) is 0 Å². The molecule has 0 saturated heterocycles. The van der Waals surface area contributed by atoms with Crippen LogP contribution >= 0.6 is 0 Å². The number of nitro groups is 1. The summed E-state index contributed by atoms with van der Waals surface area (Å²) in [4.78, 5) is 11.0. The van der Waals surface area contributed by atoms with Crippen molar-refractivity contribution in [2.75, 3.05) is 24.1 Å². The number of nitrogens with one attached hydrogen (secondary N) is 1. The van der Waals surface area contributed by atoms with Crippen molar-refractivity contribution in [1.29, 1.82) is 0 Å². The van der Waals surface area contributed by atoms with E-state index in [-0.39, 0.29) is 16.3 Å². The molecule has 3 rings (SSSR count). The second-order valence-electron chi connectivity index (χ2n) is 6.03. The molecule has 0 heterocycles. The highest BCUT2D eigenvalue weighted by Crippen LogP contribution is 2.35. The number of hydrazine groups is 1. The van der Waals surface area contributed by atoms with E-state index in [1.807, 2.05) is 0 Å². The minimum absolute atomic E-state index is 0.0314. The standard InChI is InChI=1S/C20H19N3O6S/c1-28-16-10-8-15(9-11-16)21-22(30(26,27)18-6-4-3-5-7-18)19-13-12-17(29-2)14-20(19)23(24)25/h3-14,21H,1-2H3. The molecule has 0 amide bonds. The SMILES string of the molecule is COc1ccc(NN(c2ccc(OC)cc2[N+](=O)[O-])S(=O)(=O)c2ccccc2)cc1. The second-order valence-corrected chi connectivity index (χ2v) is 7.82. The summed E-state index contributed by atoms with van der Waals surface area (Å²) in [7, 11) is -1.32. The highest BCUT2D eigenvalue weighted by Gasteiger charge is 2.31. The van der Waals surface area contributed by atoms with Gasteiger partial charge in [0.15, 0.2) is 5.69 Å². The first-order valence-electron chi connectivity index (χ1n) is 8.70. The average molecular weight is 429 g/mol. The monoisotopic (exact) mass is 429 g/mol. The van der Waals surface area contributed by atoms with Crippen LogP contribution in [0, 0.1) is 10.1 Å². The maximum atomic E-state index is 13.4. The molecule has 0 fully saturated rings. The summed E-state index contributed by atoms with van der Waals surface area (Å²) in [6, 6.07) is 18.0. The molecule has 10 heteroatoms. The molecule has 0 aliphatic rings. The zero-order valence-corrected chi connectivity index (χ0v) is 17.0. The molecule has 0 bridgehead atoms. The normalized spacial score (nSPS) is 10.9. The van der Waals surface area contributed by atoms with Gasteiger partial charge in [-0.15, -0.1) is 0 Å². The Morgan fingerprint density at radius 1 is 0.900 bits per heavy atom. The minimum Gasteiger partial charge on any atom is -0.497 e. The molecule has 0 radical (unpaired) electrons. The fourth-order valence-corrected chi connectivity index (χ4v) is 4.03. The van der Waals surface area contributed by atoms with Crippen molar-refractivity contribution in [3.8, 4) is 11.5 Å². The van der Waals surface area contributed by atoms with Crippen LogP contribution in [0.25, 0.3) is 0 Å². The molecular formula is C20H19N3O6S. The Balaban J connectivity index is 2.16. The van der Waals surface area contributed by atoms with Crippen molar-refractivity contribution in [3.05, 3.63) is 82.9 Å². The fraction of sp³-hybridized carbons (Fsp3) is 0.100. The Bertz CT molecular complexity index is 1130. The Morgan fingerprint density at radius 3 is 2.07 bits per heavy atom. The van der Waals surface area contributed by atoms with Gasteiger partial charge in [-0.3, -0.25) is 15.5 Å². The molecule has 0 saturated carbocycles. The number of sulfonamides is 1. The number of methoxy groups -OCH3 is 2. The number of hydrogen-bond acceptors (Lipinski definition) is 7. The van der Waals surface area contributed by atoms with E-state index in [1.165, 1.54) is 44.6 Å². The minimum atomic E-state index is -4.20. The number of rotatable bonds is 8. The number of anilines is 2. The summed E-state index contributed by atoms with van der Waals surface area (Å²) in [5, 5.41) is 11.7. The van der Waals surface area contributed by atoms with E-state index in [1.54, 1.807) is 42.5 Å². The molecule has 3 aromatic carbocycles. The van der Waals surface area contributed by atoms with E-state index in [2.05, 4.69) is 5.43 Å². The van der Waals surface area contributed by atoms with Crippen LogP contribution in [0.3, 0.4) is 0 Å². The lowest BCUT2D eigenvalue weighted by Crippen LogP contribution is -2.36. The van der Waals surface area contributed by atoms with Crippen molar-refractivity contribution in [3.63, 3.8) is 0 Å². The number of ether oxygens (including phenoxy) is 2. The molecule has 0 aliphatic carbocycles. The molecule has 9 nitrogen and oxygen atoms in total. The van der Waals surface area contributed by atoms with E-state index in [4.69, 9.17) is 9.47 Å². The third kappa shape index (κ3) is 4.28. The third-order valence-electron chi connectivity index (χ3n) is 4.20. The zero-order chi connectivity index (χ0) is 21.7. The fourth-order valence-electron chi connectivity index (χ4n) is 2.68. The predicted octanol–water partition coefficient (Wildman–Crippen LogP) is 3.83. The lowest BCUT2D eigenvalue weighted by atomic mass is 10.2. The zero-order valence-electron chi connectivity index (χ0n) is 16.2. The highest BCUT2D eigenvalue weighted by atomic mass is 32.2. The summed E-state index contributed by atoms with van der Waals surface area (Å²) in [5.41, 5.74) is 2.55. The van der Waals surface area contributed by atoms with Crippen molar-refractivity contribution in [2.45, 2.75) is 4.90 Å². The molecule has 0 unspecified atom stereocenters. The van der Waals surface area contributed by atoms with Crippen LogP contribution in [0.15, 0.2) is 77.7 Å². The summed E-state index contributed by atoms with van der Waals surface area (Å²) in [6.45, 7) is 0. The van der Waals surface area contributed by atoms with E-state index in [0.717, 1.165) is 4.41 Å². The van der Waals surface area contributed by atoms with Crippen molar-refractivity contribution in [2.24, 2.45) is 0 Å². The van der Waals surface area contributed by atoms with Gasteiger partial charge in [0.1, 0.15) is 11.5 Å². The first kappa shape index (κ1) is 20.9. The van der Waals surface area contributed by atoms with Crippen molar-refractivity contribution in [1.82, 2.24) is 0 Å². The summed E-state index contributed by atoms with van der Waals surface area (Å²) >= 11 is 0. The molecule has 1 N–H and O–H groups in total. The first-order valence-corrected chi connectivity index (χ1v) is 10.1. The number of nitrogens with zero attached hydrogens (tertiary/aromatic N) is 2. The maximum absolute atomic E-state index is 13.4. The van der Waals surface area contributed by atoms with E-state index in [9.17, 15) is 18.5 Å². The highest BCUT2D eigenvalue weighted by molar-refractivity contribution is 7.93. The van der Waals surface area contributed by atoms with Gasteiger partial charge in [0.2, 0.25) is 0 Å². The molecule has 156 valence electrons. The summed E-state index contributed by atoms with van der Waals surface area (Å²) < 4.78 is 37.7. The van der Waals surface area contributed by atoms with E-state index < -0.39 is 20.6 Å². The lowest BCUT2D eigenvalue weighted by Gasteiger charge is -2.25. The molecule has 0 aliphatic heterocycles. The Morgan fingerprint density at radius 2 is 1.50 bits per heavy atom. The van der Waals surface area contributed by atoms with Gasteiger partial charge in [-0.05, 0) is 48.5 Å². The maximum Gasteiger partial charge on any atom is 0.299 e. The van der Waals surface area contributed by atoms with Gasteiger partial charge in [-0.1, -0.05) is 18.2 Å². The van der Waals surface area contributed by atoms with Gasteiger partial charge in [0.05, 0.1) is 35.8 Å². The topological polar surface area (TPSA) is 111 Å². The summed E-state index contributed by atoms with van der Waals surface area (Å²) in [5.74, 6) is 0.806. The number of benzene rings is 3. The van der Waals surface area contributed by atoms with Crippen LogP contribution in [-0.4, -0.2) is 27.6 Å². The Kier molecular flexibility index (Phi) is 6.07. The molecule has 0 spiro atoms. The second kappa shape index (κ2) is 8.70. The molecule has 0 aromatic heterocycles. The first-order chi connectivity index (χ1) is 14.4. The van der Waals surface area contributed by atoms with Gasteiger partial charge in [0, 0.05) is 0 Å².